The van der Waals surface area contributed by atoms with Gasteiger partial charge in [0.2, 0.25) is 0 Å². The minimum Gasteiger partial charge on any atom is -0.391 e. The van der Waals surface area contributed by atoms with Crippen molar-refractivity contribution in [3.05, 3.63) is 65.2 Å². The van der Waals surface area contributed by atoms with Crippen LogP contribution >= 0.6 is 0 Å². The van der Waals surface area contributed by atoms with Crippen molar-refractivity contribution in [3.8, 4) is 0 Å². The first-order valence-corrected chi connectivity index (χ1v) is 10.7. The number of hydrogen-bond acceptors (Lipinski definition) is 4. The monoisotopic (exact) mass is 393 g/mol. The third kappa shape index (κ3) is 4.31. The zero-order valence-electron chi connectivity index (χ0n) is 17.1. The summed E-state index contributed by atoms with van der Waals surface area (Å²) in [7, 11) is 0. The van der Waals surface area contributed by atoms with Crippen LogP contribution < -0.4 is 10.6 Å². The number of carbonyl (C=O) groups excluding carboxylic acids is 1. The molecule has 0 aromatic heterocycles. The molecule has 2 aromatic rings. The predicted octanol–water partition coefficient (Wildman–Crippen LogP) is 2.98. The molecule has 2 aliphatic heterocycles. The molecule has 2 unspecified atom stereocenters. The zero-order valence-corrected chi connectivity index (χ0v) is 17.1. The van der Waals surface area contributed by atoms with Crippen molar-refractivity contribution in [3.63, 3.8) is 0 Å². The van der Waals surface area contributed by atoms with Crippen LogP contribution in [0.4, 0.5) is 5.69 Å². The van der Waals surface area contributed by atoms with Crippen molar-refractivity contribution in [2.45, 2.75) is 38.3 Å². The van der Waals surface area contributed by atoms with Crippen LogP contribution in [0.1, 0.15) is 47.2 Å². The number of β-amino-alcohol motifs (C(OH)–C–C–N with tert-alkyl or cyclic N) is 1. The zero-order chi connectivity index (χ0) is 20.4. The van der Waals surface area contributed by atoms with Gasteiger partial charge in [0.15, 0.2) is 0 Å². The number of aliphatic hydroxyl groups excluding tert-OH is 1. The molecule has 2 aromatic carbocycles. The van der Waals surface area contributed by atoms with E-state index in [2.05, 4.69) is 36.1 Å². The van der Waals surface area contributed by atoms with Crippen LogP contribution in [0, 0.1) is 5.92 Å². The molecule has 0 bridgehead atoms. The largest absolute Gasteiger partial charge is 0.391 e. The number of rotatable bonds is 4. The molecule has 0 spiro atoms. The fraction of sp³-hybridized carbons (Fsp3) is 0.458. The lowest BCUT2D eigenvalue weighted by atomic mass is 9.88. The van der Waals surface area contributed by atoms with Gasteiger partial charge in [-0.05, 0) is 48.1 Å². The van der Waals surface area contributed by atoms with Crippen molar-refractivity contribution in [2.24, 2.45) is 11.7 Å². The molecule has 154 valence electrons. The van der Waals surface area contributed by atoms with E-state index in [1.807, 2.05) is 29.2 Å². The van der Waals surface area contributed by atoms with Gasteiger partial charge in [0.25, 0.3) is 5.91 Å². The first kappa shape index (κ1) is 19.9. The number of piperidine rings is 1. The number of carbonyl (C=O) groups is 1. The standard InChI is InChI=1S/C24H31N3O2/c1-17-15-27(16-23(17)28)22-7-3-6-21(13-22)24(29)26-10-8-19(9-11-26)20-5-2-4-18(12-20)14-25/h2-7,12-13,17,19,23,28H,8-11,14-16,25H2,1H3. The van der Waals surface area contributed by atoms with E-state index in [0.29, 0.717) is 19.0 Å². The SMILES string of the molecule is CC1CN(c2cccc(C(=O)N3CCC(c4cccc(CN)c4)CC3)c2)CC1O. The molecule has 0 aliphatic carbocycles. The molecule has 2 aliphatic rings. The number of amides is 1. The van der Waals surface area contributed by atoms with E-state index in [-0.39, 0.29) is 17.9 Å². The maximum Gasteiger partial charge on any atom is 0.253 e. The fourth-order valence-corrected chi connectivity index (χ4v) is 4.57. The number of hydrogen-bond donors (Lipinski definition) is 2. The molecule has 2 saturated heterocycles. The fourth-order valence-electron chi connectivity index (χ4n) is 4.57. The van der Waals surface area contributed by atoms with Gasteiger partial charge in [0.1, 0.15) is 0 Å². The molecular formula is C24H31N3O2. The summed E-state index contributed by atoms with van der Waals surface area (Å²) in [6.45, 7) is 5.64. The number of aliphatic hydroxyl groups is 1. The van der Waals surface area contributed by atoms with Crippen LogP contribution in [0.25, 0.3) is 0 Å². The maximum atomic E-state index is 13.1. The third-order valence-corrected chi connectivity index (χ3v) is 6.47. The molecule has 3 N–H and O–H groups in total. The summed E-state index contributed by atoms with van der Waals surface area (Å²) in [6.07, 6.45) is 1.66. The van der Waals surface area contributed by atoms with Crippen LogP contribution in [0.15, 0.2) is 48.5 Å². The molecule has 2 atom stereocenters. The van der Waals surface area contributed by atoms with Crippen LogP contribution in [-0.2, 0) is 6.54 Å². The van der Waals surface area contributed by atoms with Crippen molar-refractivity contribution in [1.29, 1.82) is 0 Å². The summed E-state index contributed by atoms with van der Waals surface area (Å²) in [5, 5.41) is 10.0. The smallest absolute Gasteiger partial charge is 0.253 e. The lowest BCUT2D eigenvalue weighted by Crippen LogP contribution is -2.38. The molecule has 0 radical (unpaired) electrons. The summed E-state index contributed by atoms with van der Waals surface area (Å²) >= 11 is 0. The molecule has 5 nitrogen and oxygen atoms in total. The Hall–Kier alpha value is -2.37. The van der Waals surface area contributed by atoms with E-state index in [0.717, 1.165) is 43.7 Å². The average molecular weight is 394 g/mol. The molecule has 0 saturated carbocycles. The number of nitrogens with two attached hydrogens (primary N) is 1. The molecule has 2 fully saturated rings. The highest BCUT2D eigenvalue weighted by Gasteiger charge is 2.29. The second-order valence-corrected chi connectivity index (χ2v) is 8.52. The number of benzene rings is 2. The normalized spacial score (nSPS) is 22.9. The van der Waals surface area contributed by atoms with Gasteiger partial charge in [-0.25, -0.2) is 0 Å². The summed E-state index contributed by atoms with van der Waals surface area (Å²) in [5.74, 6) is 0.851. The predicted molar refractivity (Wildman–Crippen MR) is 116 cm³/mol. The Morgan fingerprint density at radius 2 is 1.86 bits per heavy atom. The van der Waals surface area contributed by atoms with E-state index in [9.17, 15) is 9.90 Å². The first-order chi connectivity index (χ1) is 14.0. The molecule has 5 heteroatoms. The van der Waals surface area contributed by atoms with Crippen molar-refractivity contribution in [1.82, 2.24) is 4.90 Å². The van der Waals surface area contributed by atoms with E-state index >= 15 is 0 Å². The Labute approximate surface area is 173 Å². The van der Waals surface area contributed by atoms with E-state index in [4.69, 9.17) is 5.73 Å². The molecule has 2 heterocycles. The van der Waals surface area contributed by atoms with Crippen molar-refractivity contribution < 1.29 is 9.90 Å². The molecular weight excluding hydrogens is 362 g/mol. The highest BCUT2D eigenvalue weighted by Crippen LogP contribution is 2.30. The Balaban J connectivity index is 1.40. The van der Waals surface area contributed by atoms with Crippen LogP contribution in [0.5, 0.6) is 0 Å². The first-order valence-electron chi connectivity index (χ1n) is 10.7. The van der Waals surface area contributed by atoms with E-state index < -0.39 is 0 Å². The Bertz CT molecular complexity index is 851. The highest BCUT2D eigenvalue weighted by atomic mass is 16.3. The molecule has 4 rings (SSSR count). The third-order valence-electron chi connectivity index (χ3n) is 6.47. The number of likely N-dealkylation sites (tertiary alicyclic amines) is 1. The van der Waals surface area contributed by atoms with Crippen molar-refractivity contribution >= 4 is 11.6 Å². The van der Waals surface area contributed by atoms with Crippen LogP contribution in [0.2, 0.25) is 0 Å². The number of nitrogens with zero attached hydrogens (tertiary/aromatic N) is 2. The van der Waals surface area contributed by atoms with Gasteiger partial charge in [-0.3, -0.25) is 4.79 Å². The maximum absolute atomic E-state index is 13.1. The number of anilines is 1. The van der Waals surface area contributed by atoms with Gasteiger partial charge in [-0.1, -0.05) is 37.3 Å². The van der Waals surface area contributed by atoms with Gasteiger partial charge in [-0.2, -0.15) is 0 Å². The van der Waals surface area contributed by atoms with E-state index in [1.54, 1.807) is 0 Å². The van der Waals surface area contributed by atoms with Gasteiger partial charge < -0.3 is 20.6 Å². The lowest BCUT2D eigenvalue weighted by Gasteiger charge is -2.32. The van der Waals surface area contributed by atoms with Gasteiger partial charge in [-0.15, -0.1) is 0 Å². The van der Waals surface area contributed by atoms with Gasteiger partial charge in [0, 0.05) is 49.9 Å². The Morgan fingerprint density at radius 3 is 2.55 bits per heavy atom. The van der Waals surface area contributed by atoms with Crippen LogP contribution in [-0.4, -0.2) is 48.2 Å². The molecule has 1 amide bonds. The summed E-state index contributed by atoms with van der Waals surface area (Å²) in [4.78, 5) is 17.2. The van der Waals surface area contributed by atoms with Crippen LogP contribution in [0.3, 0.4) is 0 Å². The quantitative estimate of drug-likeness (QED) is 0.838. The lowest BCUT2D eigenvalue weighted by molar-refractivity contribution is 0.0713. The Kier molecular flexibility index (Phi) is 5.88. The minimum atomic E-state index is -0.300. The Morgan fingerprint density at radius 1 is 1.10 bits per heavy atom. The molecule has 29 heavy (non-hydrogen) atoms. The second-order valence-electron chi connectivity index (χ2n) is 8.52. The second kappa shape index (κ2) is 8.56. The summed E-state index contributed by atoms with van der Waals surface area (Å²) in [6, 6.07) is 16.4. The average Bonchev–Trinajstić information content (AvgIpc) is 3.12. The highest BCUT2D eigenvalue weighted by molar-refractivity contribution is 5.95. The summed E-state index contributed by atoms with van der Waals surface area (Å²) in [5.41, 5.74) is 10.0. The van der Waals surface area contributed by atoms with E-state index in [1.165, 1.54) is 11.1 Å². The summed E-state index contributed by atoms with van der Waals surface area (Å²) < 4.78 is 0. The van der Waals surface area contributed by atoms with Gasteiger partial charge >= 0.3 is 0 Å². The minimum absolute atomic E-state index is 0.105. The topological polar surface area (TPSA) is 69.8 Å². The van der Waals surface area contributed by atoms with Gasteiger partial charge in [0.05, 0.1) is 6.10 Å². The van der Waals surface area contributed by atoms with Crippen molar-refractivity contribution in [2.75, 3.05) is 31.1 Å².